The number of pyridine rings is 3. The van der Waals surface area contributed by atoms with E-state index < -0.39 is 0 Å². The molecule has 0 unspecified atom stereocenters. The summed E-state index contributed by atoms with van der Waals surface area (Å²) in [6.07, 6.45) is 7.21. The van der Waals surface area contributed by atoms with Crippen LogP contribution in [0.15, 0.2) is 91.5 Å². The molecule has 0 fully saturated rings. The third kappa shape index (κ3) is 3.52. The molecule has 0 N–H and O–H groups in total. The number of hydrogen-bond donors (Lipinski definition) is 0. The zero-order valence-corrected chi connectivity index (χ0v) is 12.0. The monoisotopic (exact) mass is 285 g/mol. The van der Waals surface area contributed by atoms with Crippen LogP contribution in [0.5, 0.6) is 0 Å². The van der Waals surface area contributed by atoms with Crippen molar-refractivity contribution in [2.75, 3.05) is 0 Å². The van der Waals surface area contributed by atoms with Gasteiger partial charge in [0, 0.05) is 24.8 Å². The molecule has 0 aliphatic heterocycles. The minimum atomic E-state index is 0.915. The van der Waals surface area contributed by atoms with Crippen molar-refractivity contribution in [1.29, 1.82) is 0 Å². The third-order valence-electron chi connectivity index (χ3n) is 3.14. The maximum absolute atomic E-state index is 4.19. The highest BCUT2D eigenvalue weighted by molar-refractivity contribution is 5.80. The van der Waals surface area contributed by atoms with E-state index in [0.29, 0.717) is 0 Å². The summed E-state index contributed by atoms with van der Waals surface area (Å²) >= 11 is 0. The summed E-state index contributed by atoms with van der Waals surface area (Å²) in [5, 5.41) is 2.45. The van der Waals surface area contributed by atoms with Crippen LogP contribution < -0.4 is 0 Å². The van der Waals surface area contributed by atoms with Gasteiger partial charge >= 0.3 is 0 Å². The van der Waals surface area contributed by atoms with Gasteiger partial charge in [0.05, 0.1) is 11.4 Å². The Labute approximate surface area is 129 Å². The van der Waals surface area contributed by atoms with Gasteiger partial charge in [0.25, 0.3) is 0 Å². The first-order chi connectivity index (χ1) is 10.9. The normalized spacial score (nSPS) is 9.82. The van der Waals surface area contributed by atoms with E-state index in [9.17, 15) is 0 Å². The molecule has 3 aromatic heterocycles. The SMILES string of the molecule is c1ccc(-c2ccccn2)nc1.c1ccc2cnccc2c1. The van der Waals surface area contributed by atoms with Crippen LogP contribution in [0.3, 0.4) is 0 Å². The molecule has 4 rings (SSSR count). The average molecular weight is 285 g/mol. The lowest BCUT2D eigenvalue weighted by Gasteiger charge is -1.96. The van der Waals surface area contributed by atoms with Gasteiger partial charge in [-0.05, 0) is 41.1 Å². The molecule has 3 heterocycles. The lowest BCUT2D eigenvalue weighted by Crippen LogP contribution is -1.83. The zero-order chi connectivity index (χ0) is 15.0. The highest BCUT2D eigenvalue weighted by atomic mass is 14.7. The van der Waals surface area contributed by atoms with Crippen molar-refractivity contribution in [1.82, 2.24) is 15.0 Å². The maximum Gasteiger partial charge on any atom is 0.0886 e. The van der Waals surface area contributed by atoms with Gasteiger partial charge < -0.3 is 0 Å². The smallest absolute Gasteiger partial charge is 0.0886 e. The molecule has 22 heavy (non-hydrogen) atoms. The number of fused-ring (bicyclic) bond motifs is 1. The van der Waals surface area contributed by atoms with Crippen LogP contribution in [0.25, 0.3) is 22.2 Å². The molecule has 0 bridgehead atoms. The van der Waals surface area contributed by atoms with Crippen molar-refractivity contribution in [3.63, 3.8) is 0 Å². The van der Waals surface area contributed by atoms with Gasteiger partial charge in [-0.15, -0.1) is 0 Å². The van der Waals surface area contributed by atoms with E-state index >= 15 is 0 Å². The Morgan fingerprint density at radius 3 is 1.64 bits per heavy atom. The molecule has 106 valence electrons. The standard InChI is InChI=1S/C10H8N2.C9H7N/c1-3-7-11-9(5-1)10-6-2-4-8-12-10;1-2-4-9-7-10-6-5-8(9)3-1/h1-8H;1-7H. The fourth-order valence-electron chi connectivity index (χ4n) is 2.06. The molecular formula is C19H15N3. The van der Waals surface area contributed by atoms with Gasteiger partial charge in [-0.25, -0.2) is 0 Å². The summed E-state index contributed by atoms with van der Waals surface area (Å²) in [4.78, 5) is 12.4. The van der Waals surface area contributed by atoms with Crippen molar-refractivity contribution >= 4 is 10.8 Å². The molecule has 3 nitrogen and oxygen atoms in total. The Kier molecular flexibility index (Phi) is 4.47. The van der Waals surface area contributed by atoms with Crippen LogP contribution in [-0.2, 0) is 0 Å². The molecule has 0 atom stereocenters. The second-order valence-electron chi connectivity index (χ2n) is 4.65. The molecule has 0 aliphatic rings. The predicted octanol–water partition coefficient (Wildman–Crippen LogP) is 4.38. The maximum atomic E-state index is 4.19. The van der Waals surface area contributed by atoms with Gasteiger partial charge in [0.15, 0.2) is 0 Å². The Hall–Kier alpha value is -3.07. The molecule has 0 saturated carbocycles. The summed E-state index contributed by atoms with van der Waals surface area (Å²) < 4.78 is 0. The molecule has 3 heteroatoms. The quantitative estimate of drug-likeness (QED) is 0.521. The Morgan fingerprint density at radius 2 is 1.09 bits per heavy atom. The first-order valence-corrected chi connectivity index (χ1v) is 7.05. The van der Waals surface area contributed by atoms with Crippen LogP contribution in [0.1, 0.15) is 0 Å². The molecule has 0 aliphatic carbocycles. The van der Waals surface area contributed by atoms with E-state index in [0.717, 1.165) is 11.4 Å². The molecule has 1 aromatic carbocycles. The minimum Gasteiger partial charge on any atom is -0.264 e. The van der Waals surface area contributed by atoms with Gasteiger partial charge in [-0.1, -0.05) is 36.4 Å². The van der Waals surface area contributed by atoms with Crippen LogP contribution in [0.4, 0.5) is 0 Å². The first kappa shape index (κ1) is 13.9. The number of rotatable bonds is 1. The van der Waals surface area contributed by atoms with E-state index in [2.05, 4.69) is 27.1 Å². The van der Waals surface area contributed by atoms with Crippen LogP contribution >= 0.6 is 0 Å². The van der Waals surface area contributed by atoms with Gasteiger partial charge in [0.1, 0.15) is 0 Å². The molecule has 0 saturated heterocycles. The third-order valence-corrected chi connectivity index (χ3v) is 3.14. The Bertz CT molecular complexity index is 727. The predicted molar refractivity (Wildman–Crippen MR) is 89.2 cm³/mol. The lowest BCUT2D eigenvalue weighted by molar-refractivity contribution is 1.25. The largest absolute Gasteiger partial charge is 0.264 e. The summed E-state index contributed by atoms with van der Waals surface area (Å²) in [6.45, 7) is 0. The van der Waals surface area contributed by atoms with Crippen molar-refractivity contribution in [2.45, 2.75) is 0 Å². The van der Waals surface area contributed by atoms with Crippen LogP contribution in [0.2, 0.25) is 0 Å². The number of nitrogens with zero attached hydrogens (tertiary/aromatic N) is 3. The van der Waals surface area contributed by atoms with Crippen molar-refractivity contribution < 1.29 is 0 Å². The number of hydrogen-bond acceptors (Lipinski definition) is 3. The van der Waals surface area contributed by atoms with E-state index in [1.165, 1.54) is 10.8 Å². The van der Waals surface area contributed by atoms with Crippen LogP contribution in [0, 0.1) is 0 Å². The fourth-order valence-corrected chi connectivity index (χ4v) is 2.06. The molecular weight excluding hydrogens is 270 g/mol. The minimum absolute atomic E-state index is 0.915. The number of benzene rings is 1. The molecule has 0 radical (unpaired) electrons. The van der Waals surface area contributed by atoms with E-state index in [1.807, 2.05) is 67.0 Å². The summed E-state index contributed by atoms with van der Waals surface area (Å²) in [5.74, 6) is 0. The first-order valence-electron chi connectivity index (χ1n) is 7.05. The van der Waals surface area contributed by atoms with Gasteiger partial charge in [-0.3, -0.25) is 15.0 Å². The van der Waals surface area contributed by atoms with E-state index in [-0.39, 0.29) is 0 Å². The number of aromatic nitrogens is 3. The highest BCUT2D eigenvalue weighted by Crippen LogP contribution is 2.11. The second kappa shape index (κ2) is 7.09. The Balaban J connectivity index is 0.000000133. The van der Waals surface area contributed by atoms with E-state index in [1.54, 1.807) is 12.4 Å². The molecule has 0 spiro atoms. The molecule has 4 aromatic rings. The Morgan fingerprint density at radius 1 is 0.500 bits per heavy atom. The fraction of sp³-hybridized carbons (Fsp3) is 0. The average Bonchev–Trinajstić information content (AvgIpc) is 2.64. The van der Waals surface area contributed by atoms with E-state index in [4.69, 9.17) is 0 Å². The lowest BCUT2D eigenvalue weighted by atomic mass is 10.2. The van der Waals surface area contributed by atoms with Gasteiger partial charge in [-0.2, -0.15) is 0 Å². The summed E-state index contributed by atoms with van der Waals surface area (Å²) in [7, 11) is 0. The zero-order valence-electron chi connectivity index (χ0n) is 12.0. The topological polar surface area (TPSA) is 38.7 Å². The van der Waals surface area contributed by atoms with Crippen molar-refractivity contribution in [3.8, 4) is 11.4 Å². The summed E-state index contributed by atoms with van der Waals surface area (Å²) in [6, 6.07) is 21.8. The van der Waals surface area contributed by atoms with Gasteiger partial charge in [0.2, 0.25) is 0 Å². The van der Waals surface area contributed by atoms with Crippen molar-refractivity contribution in [3.05, 3.63) is 91.5 Å². The summed E-state index contributed by atoms with van der Waals surface area (Å²) in [5.41, 5.74) is 1.83. The highest BCUT2D eigenvalue weighted by Gasteiger charge is 1.95. The van der Waals surface area contributed by atoms with Crippen LogP contribution in [-0.4, -0.2) is 15.0 Å². The second-order valence-corrected chi connectivity index (χ2v) is 4.65. The van der Waals surface area contributed by atoms with Crippen molar-refractivity contribution in [2.24, 2.45) is 0 Å². The molecule has 0 amide bonds.